The third-order valence-electron chi connectivity index (χ3n) is 7.80. The van der Waals surface area contributed by atoms with E-state index in [4.69, 9.17) is 0 Å². The van der Waals surface area contributed by atoms with Crippen molar-refractivity contribution in [3.05, 3.63) is 65.5 Å². The second-order valence-corrected chi connectivity index (χ2v) is 9.49. The van der Waals surface area contributed by atoms with Crippen LogP contribution >= 0.6 is 0 Å². The average Bonchev–Trinajstić information content (AvgIpc) is 3.57. The fourth-order valence-corrected chi connectivity index (χ4v) is 6.26. The summed E-state index contributed by atoms with van der Waals surface area (Å²) < 4.78 is 30.4. The highest BCUT2D eigenvalue weighted by Crippen LogP contribution is 2.44. The summed E-state index contributed by atoms with van der Waals surface area (Å²) in [6, 6.07) is 7.64. The van der Waals surface area contributed by atoms with Gasteiger partial charge in [0.15, 0.2) is 0 Å². The molecule has 6 rings (SSSR count). The van der Waals surface area contributed by atoms with Gasteiger partial charge in [0, 0.05) is 49.2 Å². The predicted molar refractivity (Wildman–Crippen MR) is 121 cm³/mol. The SMILES string of the molecule is O=CN1CCN2CCCC2(c2cnn3ccc(N4CCC[C@@H]4c4cc(F)ccc4F)cc23)C1. The van der Waals surface area contributed by atoms with Crippen molar-refractivity contribution in [1.29, 1.82) is 0 Å². The summed E-state index contributed by atoms with van der Waals surface area (Å²) in [5.74, 6) is -0.778. The van der Waals surface area contributed by atoms with Crippen molar-refractivity contribution in [3.63, 3.8) is 0 Å². The van der Waals surface area contributed by atoms with Gasteiger partial charge in [-0.1, -0.05) is 0 Å². The zero-order valence-corrected chi connectivity index (χ0v) is 18.5. The maximum absolute atomic E-state index is 14.6. The number of amides is 1. The van der Waals surface area contributed by atoms with E-state index in [0.29, 0.717) is 12.1 Å². The number of hydrogen-bond donors (Lipinski definition) is 0. The van der Waals surface area contributed by atoms with Crippen LogP contribution in [0.5, 0.6) is 0 Å². The third-order valence-corrected chi connectivity index (χ3v) is 7.80. The van der Waals surface area contributed by atoms with Gasteiger partial charge in [-0.15, -0.1) is 0 Å². The topological polar surface area (TPSA) is 44.1 Å². The van der Waals surface area contributed by atoms with Crippen molar-refractivity contribution in [2.75, 3.05) is 37.6 Å². The van der Waals surface area contributed by atoms with Gasteiger partial charge in [0.2, 0.25) is 6.41 Å². The van der Waals surface area contributed by atoms with E-state index in [-0.39, 0.29) is 17.4 Å². The van der Waals surface area contributed by atoms with Gasteiger partial charge < -0.3 is 9.80 Å². The summed E-state index contributed by atoms with van der Waals surface area (Å²) in [7, 11) is 0. The molecular weight excluding hydrogens is 424 g/mol. The maximum atomic E-state index is 14.6. The molecule has 3 aliphatic rings. The number of benzene rings is 1. The number of fused-ring (bicyclic) bond motifs is 2. The first-order valence-electron chi connectivity index (χ1n) is 11.7. The second kappa shape index (κ2) is 7.80. The smallest absolute Gasteiger partial charge is 0.209 e. The molecule has 1 unspecified atom stereocenters. The Hall–Kier alpha value is -3.00. The number of nitrogens with zero attached hydrogens (tertiary/aromatic N) is 5. The fraction of sp³-hybridized carbons (Fsp3) is 0.440. The molecule has 0 bridgehead atoms. The Kier molecular flexibility index (Phi) is 4.87. The van der Waals surface area contributed by atoms with Crippen molar-refractivity contribution >= 4 is 17.6 Å². The molecule has 0 radical (unpaired) electrons. The number of carbonyl (C=O) groups excluding carboxylic acids is 1. The molecule has 33 heavy (non-hydrogen) atoms. The number of aromatic nitrogens is 2. The number of carbonyl (C=O) groups is 1. The van der Waals surface area contributed by atoms with Crippen LogP contribution in [0.2, 0.25) is 0 Å². The lowest BCUT2D eigenvalue weighted by molar-refractivity contribution is -0.122. The summed E-state index contributed by atoms with van der Waals surface area (Å²) in [5.41, 5.74) is 3.33. The minimum atomic E-state index is -0.413. The summed E-state index contributed by atoms with van der Waals surface area (Å²) in [5, 5.41) is 4.63. The van der Waals surface area contributed by atoms with Crippen LogP contribution in [0.3, 0.4) is 0 Å². The van der Waals surface area contributed by atoms with Gasteiger partial charge in [0.05, 0.1) is 23.3 Å². The van der Waals surface area contributed by atoms with Crippen molar-refractivity contribution < 1.29 is 13.6 Å². The monoisotopic (exact) mass is 451 g/mol. The molecule has 1 amide bonds. The Labute approximate surface area is 191 Å². The molecule has 172 valence electrons. The van der Waals surface area contributed by atoms with Gasteiger partial charge >= 0.3 is 0 Å². The predicted octanol–water partition coefficient (Wildman–Crippen LogP) is 3.72. The number of halogens is 2. The van der Waals surface area contributed by atoms with Gasteiger partial charge in [-0.25, -0.2) is 13.3 Å². The first-order valence-corrected chi connectivity index (χ1v) is 11.7. The summed E-state index contributed by atoms with van der Waals surface area (Å²) >= 11 is 0. The molecule has 3 aromatic rings. The van der Waals surface area contributed by atoms with Crippen LogP contribution in [0.1, 0.15) is 42.9 Å². The zero-order valence-electron chi connectivity index (χ0n) is 18.5. The van der Waals surface area contributed by atoms with E-state index in [1.54, 1.807) is 0 Å². The molecule has 0 spiro atoms. The molecule has 1 aromatic carbocycles. The van der Waals surface area contributed by atoms with E-state index >= 15 is 0 Å². The van der Waals surface area contributed by atoms with Gasteiger partial charge in [-0.05, 0) is 62.6 Å². The van der Waals surface area contributed by atoms with Gasteiger partial charge in [-0.2, -0.15) is 5.10 Å². The highest BCUT2D eigenvalue weighted by Gasteiger charge is 2.47. The fourth-order valence-electron chi connectivity index (χ4n) is 6.26. The second-order valence-electron chi connectivity index (χ2n) is 9.49. The van der Waals surface area contributed by atoms with E-state index < -0.39 is 5.82 Å². The molecule has 2 aromatic heterocycles. The number of anilines is 1. The molecule has 2 atom stereocenters. The van der Waals surface area contributed by atoms with E-state index in [0.717, 1.165) is 75.0 Å². The van der Waals surface area contributed by atoms with Gasteiger partial charge in [0.25, 0.3) is 0 Å². The first-order chi connectivity index (χ1) is 16.1. The lowest BCUT2D eigenvalue weighted by atomic mass is 9.86. The lowest BCUT2D eigenvalue weighted by Gasteiger charge is -2.46. The normalized spacial score (nSPS) is 25.7. The van der Waals surface area contributed by atoms with Crippen LogP contribution in [0.4, 0.5) is 14.5 Å². The number of pyridine rings is 1. The Bertz CT molecular complexity index is 1210. The quantitative estimate of drug-likeness (QED) is 0.568. The van der Waals surface area contributed by atoms with E-state index in [9.17, 15) is 13.6 Å². The minimum absolute atomic E-state index is 0.198. The van der Waals surface area contributed by atoms with Gasteiger partial charge in [0.1, 0.15) is 11.6 Å². The molecule has 8 heteroatoms. The van der Waals surface area contributed by atoms with E-state index in [2.05, 4.69) is 21.0 Å². The lowest BCUT2D eigenvalue weighted by Crippen LogP contribution is -2.56. The Morgan fingerprint density at radius 3 is 2.85 bits per heavy atom. The number of hydrogen-bond acceptors (Lipinski definition) is 4. The van der Waals surface area contributed by atoms with E-state index in [1.807, 2.05) is 27.9 Å². The Balaban J connectivity index is 1.42. The third kappa shape index (κ3) is 3.22. The Morgan fingerprint density at radius 2 is 1.97 bits per heavy atom. The van der Waals surface area contributed by atoms with Crippen molar-refractivity contribution in [3.8, 4) is 0 Å². The van der Waals surface area contributed by atoms with Crippen molar-refractivity contribution in [2.45, 2.75) is 37.3 Å². The molecular formula is C25H27F2N5O. The average molecular weight is 452 g/mol. The highest BCUT2D eigenvalue weighted by molar-refractivity contribution is 5.66. The molecule has 3 saturated heterocycles. The van der Waals surface area contributed by atoms with Crippen LogP contribution in [-0.2, 0) is 10.3 Å². The number of piperazine rings is 1. The zero-order chi connectivity index (χ0) is 22.6. The number of rotatable bonds is 4. The molecule has 0 aliphatic carbocycles. The van der Waals surface area contributed by atoms with Crippen LogP contribution in [0, 0.1) is 11.6 Å². The first kappa shape index (κ1) is 20.6. The van der Waals surface area contributed by atoms with Crippen LogP contribution in [0.25, 0.3) is 5.52 Å². The summed E-state index contributed by atoms with van der Waals surface area (Å²) in [6.07, 6.45) is 8.63. The van der Waals surface area contributed by atoms with Crippen LogP contribution in [0.15, 0.2) is 42.7 Å². The highest BCUT2D eigenvalue weighted by atomic mass is 19.1. The van der Waals surface area contributed by atoms with Crippen molar-refractivity contribution in [1.82, 2.24) is 19.4 Å². The standard InChI is InChI=1S/C25H27F2N5O/c26-18-4-5-22(27)20(13-18)23-3-1-9-31(23)19-6-10-32-24(14-19)21(15-28-32)25-7-2-8-30(25)12-11-29(16-25)17-33/h4-6,10,13-15,17,23H,1-3,7-9,11-12,16H2/t23-,25?/m1/s1. The van der Waals surface area contributed by atoms with Crippen LogP contribution in [-0.4, -0.2) is 58.5 Å². The minimum Gasteiger partial charge on any atom is -0.364 e. The van der Waals surface area contributed by atoms with E-state index in [1.165, 1.54) is 18.2 Å². The molecule has 3 fully saturated rings. The molecule has 5 heterocycles. The van der Waals surface area contributed by atoms with Crippen LogP contribution < -0.4 is 4.90 Å². The largest absolute Gasteiger partial charge is 0.364 e. The molecule has 0 saturated carbocycles. The summed E-state index contributed by atoms with van der Waals surface area (Å²) in [6.45, 7) is 4.10. The molecule has 6 nitrogen and oxygen atoms in total. The van der Waals surface area contributed by atoms with Crippen molar-refractivity contribution in [2.24, 2.45) is 0 Å². The van der Waals surface area contributed by atoms with Gasteiger partial charge in [-0.3, -0.25) is 9.69 Å². The summed E-state index contributed by atoms with van der Waals surface area (Å²) in [4.78, 5) is 18.1. The maximum Gasteiger partial charge on any atom is 0.209 e. The molecule has 3 aliphatic heterocycles. The molecule has 0 N–H and O–H groups in total. The Morgan fingerprint density at radius 1 is 1.06 bits per heavy atom.